The fourth-order valence-corrected chi connectivity index (χ4v) is 2.61. The monoisotopic (exact) mass is 267 g/mol. The Morgan fingerprint density at radius 2 is 2.05 bits per heavy atom. The molecule has 100 valence electrons. The lowest BCUT2D eigenvalue weighted by molar-refractivity contribution is 0.0955. The highest BCUT2D eigenvalue weighted by Gasteiger charge is 2.36. The van der Waals surface area contributed by atoms with E-state index in [0.29, 0.717) is 5.69 Å². The molecule has 2 N–H and O–H groups in total. The summed E-state index contributed by atoms with van der Waals surface area (Å²) in [6.45, 7) is 0. The van der Waals surface area contributed by atoms with Crippen LogP contribution in [0.5, 0.6) is 0 Å². The predicted octanol–water partition coefficient (Wildman–Crippen LogP) is 1.07. The van der Waals surface area contributed by atoms with Gasteiger partial charge in [-0.1, -0.05) is 30.3 Å². The molecular formula is C14H13N5O. The molecule has 0 fully saturated rings. The van der Waals surface area contributed by atoms with E-state index >= 15 is 0 Å². The first-order valence-electron chi connectivity index (χ1n) is 6.40. The molecule has 0 saturated heterocycles. The zero-order valence-electron chi connectivity index (χ0n) is 10.9. The van der Waals surface area contributed by atoms with E-state index in [0.717, 1.165) is 17.2 Å². The highest BCUT2D eigenvalue weighted by atomic mass is 16.2. The van der Waals surface area contributed by atoms with Crippen LogP contribution in [-0.4, -0.2) is 15.5 Å². The van der Waals surface area contributed by atoms with E-state index in [1.807, 2.05) is 40.9 Å². The molecule has 1 unspecified atom stereocenters. The van der Waals surface area contributed by atoms with Gasteiger partial charge in [0.25, 0.3) is 5.91 Å². The molecule has 2 aliphatic rings. The van der Waals surface area contributed by atoms with E-state index in [1.54, 1.807) is 6.33 Å². The number of hydrogen-bond donors (Lipinski definition) is 2. The summed E-state index contributed by atoms with van der Waals surface area (Å²) in [5.41, 5.74) is 4.96. The van der Waals surface area contributed by atoms with Crippen LogP contribution in [0.25, 0.3) is 0 Å². The molecule has 0 saturated carbocycles. The van der Waals surface area contributed by atoms with E-state index in [-0.39, 0.29) is 11.9 Å². The summed E-state index contributed by atoms with van der Waals surface area (Å²) in [7, 11) is 1.87. The number of aryl methyl sites for hydroxylation is 1. The summed E-state index contributed by atoms with van der Waals surface area (Å²) in [5.74, 6) is 1.34. The topological polar surface area (TPSA) is 62.2 Å². The largest absolute Gasteiger partial charge is 0.319 e. The van der Waals surface area contributed by atoms with Crippen LogP contribution >= 0.6 is 0 Å². The lowest BCUT2D eigenvalue weighted by Gasteiger charge is -2.28. The Morgan fingerprint density at radius 3 is 2.85 bits per heavy atom. The first-order chi connectivity index (χ1) is 9.74. The van der Waals surface area contributed by atoms with Crippen LogP contribution in [0.2, 0.25) is 0 Å². The van der Waals surface area contributed by atoms with Gasteiger partial charge in [-0.15, -0.1) is 0 Å². The van der Waals surface area contributed by atoms with Crippen LogP contribution < -0.4 is 15.8 Å². The van der Waals surface area contributed by atoms with Crippen molar-refractivity contribution in [3.63, 3.8) is 0 Å². The number of aromatic nitrogens is 2. The third kappa shape index (κ3) is 1.48. The van der Waals surface area contributed by atoms with Gasteiger partial charge in [0.05, 0.1) is 12.4 Å². The van der Waals surface area contributed by atoms with Gasteiger partial charge in [-0.3, -0.25) is 4.79 Å². The fraction of sp³-hybridized carbons (Fsp3) is 0.143. The quantitative estimate of drug-likeness (QED) is 0.811. The number of hydrogen-bond acceptors (Lipinski definition) is 4. The third-order valence-corrected chi connectivity index (χ3v) is 3.57. The Morgan fingerprint density at radius 1 is 1.25 bits per heavy atom. The number of carbonyl (C=O) groups excluding carboxylic acids is 1. The number of carbonyl (C=O) groups is 1. The van der Waals surface area contributed by atoms with Crippen LogP contribution in [0.3, 0.4) is 0 Å². The lowest BCUT2D eigenvalue weighted by atomic mass is 10.1. The summed E-state index contributed by atoms with van der Waals surface area (Å²) in [5, 5.41) is 4.73. The molecular weight excluding hydrogens is 254 g/mol. The van der Waals surface area contributed by atoms with Gasteiger partial charge in [-0.2, -0.15) is 0 Å². The standard InChI is InChI=1S/C14H13N5O/c1-18-8-15-12-13(20)16-11-7-10(17-19(11)14(12)18)9-5-3-2-4-6-9/h2-8,10,17H,1H3,(H,16,20). The smallest absolute Gasteiger partial charge is 0.279 e. The highest BCUT2D eigenvalue weighted by molar-refractivity contribution is 6.01. The van der Waals surface area contributed by atoms with Crippen LogP contribution in [0, 0.1) is 0 Å². The molecule has 0 bridgehead atoms. The van der Waals surface area contributed by atoms with Crippen molar-refractivity contribution in [1.82, 2.24) is 20.3 Å². The van der Waals surface area contributed by atoms with Crippen molar-refractivity contribution < 1.29 is 4.79 Å². The Balaban J connectivity index is 1.76. The van der Waals surface area contributed by atoms with Gasteiger partial charge < -0.3 is 9.88 Å². The molecule has 0 aliphatic carbocycles. The normalized spacial score (nSPS) is 20.2. The number of rotatable bonds is 1. The Kier molecular flexibility index (Phi) is 2.22. The number of nitrogens with one attached hydrogen (secondary N) is 2. The molecule has 1 atom stereocenters. The Labute approximate surface area is 115 Å². The van der Waals surface area contributed by atoms with E-state index in [2.05, 4.69) is 27.9 Å². The van der Waals surface area contributed by atoms with E-state index < -0.39 is 0 Å². The lowest BCUT2D eigenvalue weighted by Crippen LogP contribution is -2.45. The summed E-state index contributed by atoms with van der Waals surface area (Å²) in [4.78, 5) is 16.1. The first kappa shape index (κ1) is 11.2. The number of benzene rings is 1. The van der Waals surface area contributed by atoms with Crippen molar-refractivity contribution in [3.05, 3.63) is 59.8 Å². The predicted molar refractivity (Wildman–Crippen MR) is 73.6 cm³/mol. The molecule has 1 aromatic heterocycles. The number of imidazole rings is 1. The number of amides is 1. The maximum Gasteiger partial charge on any atom is 0.279 e. The van der Waals surface area contributed by atoms with Crippen molar-refractivity contribution in [3.8, 4) is 0 Å². The second-order valence-corrected chi connectivity index (χ2v) is 4.89. The number of nitrogens with zero attached hydrogens (tertiary/aromatic N) is 3. The molecule has 20 heavy (non-hydrogen) atoms. The summed E-state index contributed by atoms with van der Waals surface area (Å²) < 4.78 is 1.84. The van der Waals surface area contributed by atoms with Crippen molar-refractivity contribution in [2.24, 2.45) is 7.05 Å². The fourth-order valence-electron chi connectivity index (χ4n) is 2.61. The van der Waals surface area contributed by atoms with E-state index in [9.17, 15) is 4.79 Å². The number of hydrazine groups is 1. The van der Waals surface area contributed by atoms with E-state index in [4.69, 9.17) is 0 Å². The molecule has 0 spiro atoms. The second kappa shape index (κ2) is 3.94. The average Bonchev–Trinajstić information content (AvgIpc) is 3.04. The van der Waals surface area contributed by atoms with Gasteiger partial charge in [0.2, 0.25) is 0 Å². The maximum atomic E-state index is 12.0. The van der Waals surface area contributed by atoms with Crippen LogP contribution in [0.1, 0.15) is 22.1 Å². The van der Waals surface area contributed by atoms with Crippen LogP contribution in [-0.2, 0) is 7.05 Å². The minimum absolute atomic E-state index is 0.0346. The SMILES string of the molecule is Cn1cnc2c1N1NC(c3ccccc3)C=C1NC2=O. The molecule has 0 radical (unpaired) electrons. The molecule has 4 rings (SSSR count). The van der Waals surface area contributed by atoms with Gasteiger partial charge in [-0.25, -0.2) is 15.4 Å². The maximum absolute atomic E-state index is 12.0. The summed E-state index contributed by atoms with van der Waals surface area (Å²) in [6.07, 6.45) is 3.65. The van der Waals surface area contributed by atoms with Gasteiger partial charge in [0.1, 0.15) is 5.82 Å². The average molecular weight is 267 g/mol. The van der Waals surface area contributed by atoms with Crippen LogP contribution in [0.15, 0.2) is 48.6 Å². The second-order valence-electron chi connectivity index (χ2n) is 4.89. The minimum atomic E-state index is -0.168. The molecule has 6 heteroatoms. The molecule has 1 aromatic carbocycles. The molecule has 6 nitrogen and oxygen atoms in total. The van der Waals surface area contributed by atoms with E-state index in [1.165, 1.54) is 0 Å². The van der Waals surface area contributed by atoms with Crippen LogP contribution in [0.4, 0.5) is 5.82 Å². The Bertz CT molecular complexity index is 718. The first-order valence-corrected chi connectivity index (χ1v) is 6.40. The number of anilines is 1. The van der Waals surface area contributed by atoms with Gasteiger partial charge in [-0.05, 0) is 11.6 Å². The van der Waals surface area contributed by atoms with Crippen molar-refractivity contribution >= 4 is 11.7 Å². The molecule has 2 aromatic rings. The van der Waals surface area contributed by atoms with Crippen molar-refractivity contribution in [2.45, 2.75) is 6.04 Å². The Hall–Kier alpha value is -2.60. The minimum Gasteiger partial charge on any atom is -0.319 e. The molecule has 2 aliphatic heterocycles. The zero-order chi connectivity index (χ0) is 13.7. The van der Waals surface area contributed by atoms with Gasteiger partial charge in [0.15, 0.2) is 11.5 Å². The summed E-state index contributed by atoms with van der Waals surface area (Å²) in [6, 6.07) is 10.1. The summed E-state index contributed by atoms with van der Waals surface area (Å²) >= 11 is 0. The molecule has 3 heterocycles. The van der Waals surface area contributed by atoms with Crippen molar-refractivity contribution in [2.75, 3.05) is 5.01 Å². The third-order valence-electron chi connectivity index (χ3n) is 3.57. The highest BCUT2D eigenvalue weighted by Crippen LogP contribution is 2.32. The molecule has 1 amide bonds. The van der Waals surface area contributed by atoms with Gasteiger partial charge >= 0.3 is 0 Å². The van der Waals surface area contributed by atoms with Gasteiger partial charge in [0, 0.05) is 7.05 Å². The van der Waals surface area contributed by atoms with Crippen molar-refractivity contribution in [1.29, 1.82) is 0 Å². The zero-order valence-corrected chi connectivity index (χ0v) is 10.9. The number of fused-ring (bicyclic) bond motifs is 3.